The lowest BCUT2D eigenvalue weighted by atomic mass is 10.2. The molecule has 0 fully saturated rings. The van der Waals surface area contributed by atoms with Crippen LogP contribution in [0.3, 0.4) is 0 Å². The van der Waals surface area contributed by atoms with Crippen LogP contribution >= 0.6 is 0 Å². The van der Waals surface area contributed by atoms with E-state index in [1.807, 2.05) is 0 Å². The first-order valence-corrected chi connectivity index (χ1v) is 6.32. The molecule has 1 aromatic carbocycles. The number of nitrogen functional groups attached to an aromatic ring is 1. The van der Waals surface area contributed by atoms with E-state index >= 15 is 0 Å². The standard InChI is InChI=1S/C15H20N2O3/c1-15(2,3)20-14(19)17-9-5-4-6-11-10-12(16)7-8-13(11)18/h7-8,10,18H,5,9,16H2,1-3H3,(H,17,19). The number of phenolic OH excluding ortho intramolecular Hbond substituents is 1. The van der Waals surface area contributed by atoms with Gasteiger partial charge in [-0.05, 0) is 39.0 Å². The summed E-state index contributed by atoms with van der Waals surface area (Å²) in [6, 6.07) is 4.70. The molecule has 0 unspecified atom stereocenters. The minimum atomic E-state index is -0.511. The SMILES string of the molecule is CC(C)(C)OC(=O)NCCC#Cc1cc(N)ccc1O. The van der Waals surface area contributed by atoms with Crippen LogP contribution in [0.4, 0.5) is 10.5 Å². The molecule has 0 bridgehead atoms. The van der Waals surface area contributed by atoms with Gasteiger partial charge >= 0.3 is 6.09 Å². The summed E-state index contributed by atoms with van der Waals surface area (Å²) in [7, 11) is 0. The Balaban J connectivity index is 2.40. The minimum absolute atomic E-state index is 0.0896. The van der Waals surface area contributed by atoms with Gasteiger partial charge in [-0.15, -0.1) is 0 Å². The number of rotatable bonds is 2. The molecule has 5 heteroatoms. The second-order valence-corrected chi connectivity index (χ2v) is 5.26. The van der Waals surface area contributed by atoms with E-state index in [1.165, 1.54) is 6.07 Å². The number of benzene rings is 1. The number of hydrogen-bond donors (Lipinski definition) is 3. The van der Waals surface area contributed by atoms with Crippen molar-refractivity contribution >= 4 is 11.8 Å². The van der Waals surface area contributed by atoms with Crippen molar-refractivity contribution in [3.8, 4) is 17.6 Å². The van der Waals surface area contributed by atoms with Gasteiger partial charge in [0.15, 0.2) is 0 Å². The van der Waals surface area contributed by atoms with E-state index in [-0.39, 0.29) is 5.75 Å². The maximum Gasteiger partial charge on any atom is 0.407 e. The highest BCUT2D eigenvalue weighted by atomic mass is 16.6. The van der Waals surface area contributed by atoms with Gasteiger partial charge in [0.2, 0.25) is 0 Å². The van der Waals surface area contributed by atoms with Gasteiger partial charge in [0.05, 0.1) is 5.56 Å². The van der Waals surface area contributed by atoms with Crippen LogP contribution in [0.5, 0.6) is 5.75 Å². The highest BCUT2D eigenvalue weighted by Crippen LogP contribution is 2.18. The molecule has 0 heterocycles. The van der Waals surface area contributed by atoms with Crippen molar-refractivity contribution in [1.29, 1.82) is 0 Å². The number of ether oxygens (including phenoxy) is 1. The molecule has 0 atom stereocenters. The fraction of sp³-hybridized carbons (Fsp3) is 0.400. The second-order valence-electron chi connectivity index (χ2n) is 5.26. The molecule has 108 valence electrons. The van der Waals surface area contributed by atoms with E-state index in [1.54, 1.807) is 32.9 Å². The molecule has 0 saturated heterocycles. The van der Waals surface area contributed by atoms with Gasteiger partial charge in [-0.25, -0.2) is 4.79 Å². The Morgan fingerprint density at radius 2 is 2.15 bits per heavy atom. The van der Waals surface area contributed by atoms with E-state index in [0.29, 0.717) is 24.2 Å². The summed E-state index contributed by atoms with van der Waals surface area (Å²) >= 11 is 0. The van der Waals surface area contributed by atoms with Gasteiger partial charge in [0.25, 0.3) is 0 Å². The van der Waals surface area contributed by atoms with E-state index < -0.39 is 11.7 Å². The van der Waals surface area contributed by atoms with Crippen LogP contribution in [-0.4, -0.2) is 23.3 Å². The molecule has 1 amide bonds. The number of alkyl carbamates (subject to hydrolysis) is 1. The summed E-state index contributed by atoms with van der Waals surface area (Å²) in [5, 5.41) is 12.2. The molecule has 0 aliphatic heterocycles. The lowest BCUT2D eigenvalue weighted by Crippen LogP contribution is -2.32. The first-order chi connectivity index (χ1) is 9.28. The van der Waals surface area contributed by atoms with Crippen LogP contribution in [0.1, 0.15) is 32.8 Å². The Morgan fingerprint density at radius 1 is 1.45 bits per heavy atom. The molecule has 1 aromatic rings. The number of nitrogens with one attached hydrogen (secondary N) is 1. The van der Waals surface area contributed by atoms with Gasteiger partial charge in [-0.3, -0.25) is 0 Å². The van der Waals surface area contributed by atoms with E-state index in [2.05, 4.69) is 17.2 Å². The minimum Gasteiger partial charge on any atom is -0.507 e. The maximum atomic E-state index is 11.4. The van der Waals surface area contributed by atoms with Crippen molar-refractivity contribution in [2.45, 2.75) is 32.8 Å². The lowest BCUT2D eigenvalue weighted by molar-refractivity contribution is 0.0529. The number of carbonyl (C=O) groups is 1. The summed E-state index contributed by atoms with van der Waals surface area (Å²) in [6.07, 6.45) is -0.0147. The first-order valence-electron chi connectivity index (χ1n) is 6.32. The average molecular weight is 276 g/mol. The second kappa shape index (κ2) is 6.71. The first kappa shape index (κ1) is 15.7. The lowest BCUT2D eigenvalue weighted by Gasteiger charge is -2.19. The number of nitrogens with two attached hydrogens (primary N) is 1. The highest BCUT2D eigenvalue weighted by Gasteiger charge is 2.15. The van der Waals surface area contributed by atoms with Crippen LogP contribution < -0.4 is 11.1 Å². The largest absolute Gasteiger partial charge is 0.507 e. The highest BCUT2D eigenvalue weighted by molar-refractivity contribution is 5.67. The van der Waals surface area contributed by atoms with Crippen LogP contribution in [0.2, 0.25) is 0 Å². The number of amides is 1. The van der Waals surface area contributed by atoms with Gasteiger partial charge in [-0.1, -0.05) is 11.8 Å². The number of aromatic hydroxyl groups is 1. The predicted octanol–water partition coefficient (Wildman–Crippen LogP) is 2.24. The Kier molecular flexibility index (Phi) is 5.27. The van der Waals surface area contributed by atoms with Crippen molar-refractivity contribution in [2.75, 3.05) is 12.3 Å². The Bertz CT molecular complexity index is 536. The summed E-state index contributed by atoms with van der Waals surface area (Å²) in [5.41, 5.74) is 6.11. The normalized spacial score (nSPS) is 10.3. The summed E-state index contributed by atoms with van der Waals surface area (Å²) in [4.78, 5) is 11.4. The zero-order valence-electron chi connectivity index (χ0n) is 12.0. The van der Waals surface area contributed by atoms with Crippen LogP contribution in [0.15, 0.2) is 18.2 Å². The number of carbonyl (C=O) groups excluding carboxylic acids is 1. The van der Waals surface area contributed by atoms with Gasteiger partial charge in [0.1, 0.15) is 11.4 Å². The third kappa shape index (κ3) is 6.01. The maximum absolute atomic E-state index is 11.4. The van der Waals surface area contributed by atoms with Crippen molar-refractivity contribution in [1.82, 2.24) is 5.32 Å². The fourth-order valence-corrected chi connectivity index (χ4v) is 1.35. The quantitative estimate of drug-likeness (QED) is 0.335. The zero-order valence-corrected chi connectivity index (χ0v) is 12.0. The van der Waals surface area contributed by atoms with Crippen molar-refractivity contribution in [3.63, 3.8) is 0 Å². The zero-order chi connectivity index (χ0) is 15.2. The topological polar surface area (TPSA) is 84.6 Å². The Labute approximate surface area is 119 Å². The third-order valence-corrected chi connectivity index (χ3v) is 2.16. The number of phenols is 1. The molecule has 5 nitrogen and oxygen atoms in total. The van der Waals surface area contributed by atoms with Gasteiger partial charge < -0.3 is 20.9 Å². The Morgan fingerprint density at radius 3 is 2.80 bits per heavy atom. The summed E-state index contributed by atoms with van der Waals surface area (Å²) < 4.78 is 5.08. The van der Waals surface area contributed by atoms with Crippen molar-refractivity contribution in [3.05, 3.63) is 23.8 Å². The predicted molar refractivity (Wildman–Crippen MR) is 78.3 cm³/mol. The smallest absolute Gasteiger partial charge is 0.407 e. The molecular formula is C15H20N2O3. The number of hydrogen-bond acceptors (Lipinski definition) is 4. The van der Waals surface area contributed by atoms with Crippen molar-refractivity contribution in [2.24, 2.45) is 0 Å². The molecule has 0 aliphatic rings. The molecule has 0 saturated carbocycles. The molecule has 1 rings (SSSR count). The van der Waals surface area contributed by atoms with E-state index in [9.17, 15) is 9.90 Å². The summed E-state index contributed by atoms with van der Waals surface area (Å²) in [5.74, 6) is 5.75. The fourth-order valence-electron chi connectivity index (χ4n) is 1.35. The van der Waals surface area contributed by atoms with Crippen LogP contribution in [0, 0.1) is 11.8 Å². The molecule has 20 heavy (non-hydrogen) atoms. The van der Waals surface area contributed by atoms with Crippen LogP contribution in [0.25, 0.3) is 0 Å². The van der Waals surface area contributed by atoms with E-state index in [0.717, 1.165) is 0 Å². The summed E-state index contributed by atoms with van der Waals surface area (Å²) in [6.45, 7) is 5.78. The van der Waals surface area contributed by atoms with E-state index in [4.69, 9.17) is 10.5 Å². The number of anilines is 1. The molecule has 4 N–H and O–H groups in total. The molecule has 0 spiro atoms. The molecule has 0 aliphatic carbocycles. The molecule has 0 aromatic heterocycles. The molecule has 0 radical (unpaired) electrons. The molecular weight excluding hydrogens is 256 g/mol. The van der Waals surface area contributed by atoms with Crippen molar-refractivity contribution < 1.29 is 14.6 Å². The van der Waals surface area contributed by atoms with Gasteiger partial charge in [0, 0.05) is 18.7 Å². The van der Waals surface area contributed by atoms with Gasteiger partial charge in [-0.2, -0.15) is 0 Å². The third-order valence-electron chi connectivity index (χ3n) is 2.16. The average Bonchev–Trinajstić information content (AvgIpc) is 2.30. The monoisotopic (exact) mass is 276 g/mol. The Hall–Kier alpha value is -2.35. The van der Waals surface area contributed by atoms with Crippen LogP contribution in [-0.2, 0) is 4.74 Å².